The average molecular weight is 604 g/mol. The number of carbonyl (C=O) groups excluding carboxylic acids is 5. The molecule has 1 aliphatic rings. The van der Waals surface area contributed by atoms with Gasteiger partial charge in [-0.3, -0.25) is 14.4 Å². The van der Waals surface area contributed by atoms with Gasteiger partial charge in [-0.05, 0) is 56.9 Å². The quantitative estimate of drug-likeness (QED) is 0.183. The van der Waals surface area contributed by atoms with E-state index in [4.69, 9.17) is 10.5 Å². The van der Waals surface area contributed by atoms with E-state index < -0.39 is 30.2 Å². The summed E-state index contributed by atoms with van der Waals surface area (Å²) in [5.41, 5.74) is 7.07. The maximum absolute atomic E-state index is 13.3. The average Bonchev–Trinajstić information content (AvgIpc) is 2.98. The zero-order valence-corrected chi connectivity index (χ0v) is 26.0. The number of piperidine rings is 1. The van der Waals surface area contributed by atoms with Crippen LogP contribution < -0.4 is 32.3 Å². The Bertz CT molecular complexity index is 1060. The minimum absolute atomic E-state index is 0.0512. The van der Waals surface area contributed by atoms with Crippen molar-refractivity contribution < 1.29 is 28.7 Å². The van der Waals surface area contributed by atoms with Gasteiger partial charge in [0.2, 0.25) is 11.8 Å². The van der Waals surface area contributed by atoms with E-state index in [1.54, 1.807) is 18.9 Å². The number of nitrogens with zero attached hydrogens (tertiary/aromatic N) is 1. The van der Waals surface area contributed by atoms with Gasteiger partial charge >= 0.3 is 12.1 Å². The van der Waals surface area contributed by atoms with E-state index in [0.717, 1.165) is 5.56 Å². The highest BCUT2D eigenvalue weighted by Gasteiger charge is 2.32. The molecule has 43 heavy (non-hydrogen) atoms. The van der Waals surface area contributed by atoms with Crippen molar-refractivity contribution in [2.24, 2.45) is 11.7 Å². The number of rotatable bonds is 14. The molecule has 240 valence electrons. The van der Waals surface area contributed by atoms with Crippen molar-refractivity contribution >= 4 is 29.8 Å². The number of amides is 6. The fourth-order valence-corrected chi connectivity index (χ4v) is 4.89. The zero-order chi connectivity index (χ0) is 31.9. The number of nitrogens with one attached hydrogen (secondary N) is 5. The molecule has 1 aromatic rings. The summed E-state index contributed by atoms with van der Waals surface area (Å²) in [4.78, 5) is 64.6. The lowest BCUT2D eigenvalue weighted by Crippen LogP contribution is -2.54. The van der Waals surface area contributed by atoms with Crippen LogP contribution in [0.2, 0.25) is 0 Å². The smallest absolute Gasteiger partial charge is 0.407 e. The van der Waals surface area contributed by atoms with E-state index in [2.05, 4.69) is 26.6 Å². The fraction of sp³-hybridized carbons (Fsp3) is 0.633. The first-order valence-corrected chi connectivity index (χ1v) is 15.0. The molecule has 1 saturated heterocycles. The molecule has 2 rings (SSSR count). The summed E-state index contributed by atoms with van der Waals surface area (Å²) < 4.78 is 5.40. The summed E-state index contributed by atoms with van der Waals surface area (Å²) >= 11 is 0. The first-order valence-electron chi connectivity index (χ1n) is 15.0. The highest BCUT2D eigenvalue weighted by molar-refractivity contribution is 5.90. The summed E-state index contributed by atoms with van der Waals surface area (Å²) in [6.07, 6.45) is 0.710. The molecule has 0 spiro atoms. The summed E-state index contributed by atoms with van der Waals surface area (Å²) in [5.74, 6) is -0.938. The Morgan fingerprint density at radius 2 is 1.58 bits per heavy atom. The van der Waals surface area contributed by atoms with Crippen molar-refractivity contribution in [2.75, 3.05) is 27.2 Å². The van der Waals surface area contributed by atoms with Crippen LogP contribution in [0.4, 0.5) is 9.59 Å². The minimum Gasteiger partial charge on any atom is -0.436 e. The lowest BCUT2D eigenvalue weighted by molar-refractivity contribution is -0.142. The van der Waals surface area contributed by atoms with Crippen LogP contribution in [0.15, 0.2) is 30.3 Å². The van der Waals surface area contributed by atoms with Gasteiger partial charge in [-0.25, -0.2) is 9.59 Å². The number of alkyl carbamates (subject to hydrolysis) is 1. The minimum atomic E-state index is -1.04. The number of nitrogens with two attached hydrogens (primary N) is 1. The number of likely N-dealkylation sites (tertiary alicyclic amines) is 1. The fourth-order valence-electron chi connectivity index (χ4n) is 4.89. The van der Waals surface area contributed by atoms with Gasteiger partial charge in [0.15, 0.2) is 6.10 Å². The van der Waals surface area contributed by atoms with Crippen molar-refractivity contribution in [1.29, 1.82) is 0 Å². The largest absolute Gasteiger partial charge is 0.436 e. The van der Waals surface area contributed by atoms with Crippen molar-refractivity contribution in [3.63, 3.8) is 0 Å². The van der Waals surface area contributed by atoms with Gasteiger partial charge in [0.1, 0.15) is 6.04 Å². The Balaban J connectivity index is 1.95. The van der Waals surface area contributed by atoms with Crippen LogP contribution in [0.5, 0.6) is 0 Å². The third kappa shape index (κ3) is 12.5. The van der Waals surface area contributed by atoms with E-state index in [1.165, 1.54) is 7.05 Å². The third-order valence-electron chi connectivity index (χ3n) is 7.32. The van der Waals surface area contributed by atoms with Crippen LogP contribution in [0.1, 0.15) is 58.4 Å². The first-order chi connectivity index (χ1) is 20.4. The van der Waals surface area contributed by atoms with Crippen molar-refractivity contribution in [2.45, 2.75) is 89.6 Å². The molecule has 1 unspecified atom stereocenters. The van der Waals surface area contributed by atoms with Gasteiger partial charge in [-0.15, -0.1) is 0 Å². The molecule has 0 bridgehead atoms. The number of ether oxygens (including phenoxy) is 1. The van der Waals surface area contributed by atoms with E-state index in [1.807, 2.05) is 44.2 Å². The summed E-state index contributed by atoms with van der Waals surface area (Å²) in [6, 6.07) is 7.16. The normalized spacial score (nSPS) is 16.3. The van der Waals surface area contributed by atoms with Crippen molar-refractivity contribution in [3.05, 3.63) is 35.9 Å². The highest BCUT2D eigenvalue weighted by Crippen LogP contribution is 2.16. The van der Waals surface area contributed by atoms with E-state index >= 15 is 0 Å². The van der Waals surface area contributed by atoms with Crippen LogP contribution in [-0.4, -0.2) is 92.2 Å². The van der Waals surface area contributed by atoms with Crippen LogP contribution in [0, 0.1) is 5.92 Å². The van der Waals surface area contributed by atoms with Gasteiger partial charge < -0.3 is 42.0 Å². The molecule has 0 aromatic heterocycles. The van der Waals surface area contributed by atoms with E-state index in [9.17, 15) is 24.0 Å². The molecule has 1 fully saturated rings. The lowest BCUT2D eigenvalue weighted by atomic mass is 10.0. The Kier molecular flexibility index (Phi) is 14.7. The SMILES string of the molecule is CNC(=O)NC1CCN(C(=O)C(CC[C@@H](C)NC(=O)[C@@H](CC(C)C)NC(=O)[C@H](N)Cc2ccccc2)OC(=O)NC)CC1. The number of hydrogen-bond donors (Lipinski definition) is 6. The molecule has 0 radical (unpaired) electrons. The number of hydrogen-bond acceptors (Lipinski definition) is 7. The van der Waals surface area contributed by atoms with E-state index in [-0.39, 0.29) is 42.3 Å². The number of urea groups is 1. The van der Waals surface area contributed by atoms with Crippen LogP contribution >= 0.6 is 0 Å². The summed E-state index contributed by atoms with van der Waals surface area (Å²) in [6.45, 7) is 6.55. The maximum atomic E-state index is 13.3. The predicted molar refractivity (Wildman–Crippen MR) is 163 cm³/mol. The molecule has 1 aromatic carbocycles. The van der Waals surface area contributed by atoms with Crippen LogP contribution in [0.3, 0.4) is 0 Å². The van der Waals surface area contributed by atoms with Gasteiger partial charge in [-0.1, -0.05) is 44.2 Å². The van der Waals surface area contributed by atoms with Gasteiger partial charge in [0.25, 0.3) is 5.91 Å². The standard InChI is InChI=1S/C30H49N7O6/c1-19(2)17-24(36-26(38)23(31)18-21-9-7-6-8-10-21)27(39)34-20(3)11-12-25(43-30(42)33-5)28(40)37-15-13-22(14-16-37)35-29(41)32-4/h6-10,19-20,22-25H,11-18,31H2,1-5H3,(H,33,42)(H,34,39)(H,36,38)(H2,32,35,41)/t20-,23-,24-,25?/m1/s1. The molecular weight excluding hydrogens is 554 g/mol. The van der Waals surface area contributed by atoms with Gasteiger partial charge in [0.05, 0.1) is 6.04 Å². The van der Waals surface area contributed by atoms with Gasteiger partial charge in [0, 0.05) is 39.3 Å². The monoisotopic (exact) mass is 603 g/mol. The number of benzene rings is 1. The zero-order valence-electron chi connectivity index (χ0n) is 26.0. The molecule has 7 N–H and O–H groups in total. The third-order valence-corrected chi connectivity index (χ3v) is 7.32. The van der Waals surface area contributed by atoms with E-state index in [0.29, 0.717) is 45.2 Å². The molecular formula is C30H49N7O6. The van der Waals surface area contributed by atoms with Crippen LogP contribution in [0.25, 0.3) is 0 Å². The summed E-state index contributed by atoms with van der Waals surface area (Å²) in [5, 5.41) is 13.5. The Hall–Kier alpha value is -3.87. The second kappa shape index (κ2) is 17.9. The number of carbonyl (C=O) groups is 5. The molecule has 13 nitrogen and oxygen atoms in total. The molecule has 1 aliphatic heterocycles. The topological polar surface area (TPSA) is 184 Å². The lowest BCUT2D eigenvalue weighted by Gasteiger charge is -2.34. The maximum Gasteiger partial charge on any atom is 0.407 e. The van der Waals surface area contributed by atoms with Crippen LogP contribution in [-0.2, 0) is 25.5 Å². The highest BCUT2D eigenvalue weighted by atomic mass is 16.6. The second-order valence-electron chi connectivity index (χ2n) is 11.4. The Labute approximate surface area is 254 Å². The molecule has 0 aliphatic carbocycles. The van der Waals surface area contributed by atoms with Crippen molar-refractivity contribution in [1.82, 2.24) is 31.5 Å². The molecule has 13 heteroatoms. The molecule has 4 atom stereocenters. The molecule has 6 amide bonds. The predicted octanol–water partition coefficient (Wildman–Crippen LogP) is 1.02. The van der Waals surface area contributed by atoms with Crippen molar-refractivity contribution in [3.8, 4) is 0 Å². The molecule has 0 saturated carbocycles. The second-order valence-corrected chi connectivity index (χ2v) is 11.4. The Morgan fingerprint density at radius 3 is 2.16 bits per heavy atom. The molecule has 1 heterocycles. The summed E-state index contributed by atoms with van der Waals surface area (Å²) in [7, 11) is 2.96. The van der Waals surface area contributed by atoms with Gasteiger partial charge in [-0.2, -0.15) is 0 Å². The Morgan fingerprint density at radius 1 is 0.930 bits per heavy atom. The first kappa shape index (κ1) is 35.3.